The fourth-order valence-electron chi connectivity index (χ4n) is 1.14. The molecule has 1 rings (SSSR count). The van der Waals surface area contributed by atoms with Crippen molar-refractivity contribution in [2.75, 3.05) is 17.8 Å². The van der Waals surface area contributed by atoms with Gasteiger partial charge in [-0.15, -0.1) is 11.8 Å². The molecule has 0 fully saturated rings. The van der Waals surface area contributed by atoms with E-state index in [1.807, 2.05) is 0 Å². The smallest absolute Gasteiger partial charge is 0.339 e. The van der Waals surface area contributed by atoms with Crippen molar-refractivity contribution < 1.29 is 22.7 Å². The Bertz CT molecular complexity index is 525. The number of benzene rings is 1. The summed E-state index contributed by atoms with van der Waals surface area (Å²) in [6.07, 6.45) is 1.09. The molecule has 1 aromatic carbocycles. The molecular weight excluding hydrogens is 267 g/mol. The van der Waals surface area contributed by atoms with Gasteiger partial charge >= 0.3 is 5.97 Å². The number of aromatic carboxylic acids is 1. The zero-order chi connectivity index (χ0) is 13.1. The quantitative estimate of drug-likeness (QED) is 0.829. The van der Waals surface area contributed by atoms with Crippen molar-refractivity contribution in [3.05, 3.63) is 29.6 Å². The molecule has 94 valence electrons. The lowest BCUT2D eigenvalue weighted by molar-refractivity contribution is 0.0688. The summed E-state index contributed by atoms with van der Waals surface area (Å²) < 4.78 is 35.1. The van der Waals surface area contributed by atoms with E-state index in [2.05, 4.69) is 0 Å². The summed E-state index contributed by atoms with van der Waals surface area (Å²) in [7, 11) is -3.10. The molecule has 0 saturated carbocycles. The summed E-state index contributed by atoms with van der Waals surface area (Å²) in [6.45, 7) is 0. The molecule has 17 heavy (non-hydrogen) atoms. The molecule has 0 unspecified atom stereocenters. The fraction of sp³-hybridized carbons (Fsp3) is 0.300. The van der Waals surface area contributed by atoms with E-state index in [-0.39, 0.29) is 16.4 Å². The first-order valence-electron chi connectivity index (χ1n) is 4.63. The van der Waals surface area contributed by atoms with Gasteiger partial charge < -0.3 is 5.11 Å². The van der Waals surface area contributed by atoms with Gasteiger partial charge in [-0.3, -0.25) is 0 Å². The van der Waals surface area contributed by atoms with Gasteiger partial charge in [0.2, 0.25) is 0 Å². The first-order chi connectivity index (χ1) is 7.81. The highest BCUT2D eigenvalue weighted by atomic mass is 32.2. The number of carboxylic acids is 1. The number of thioether (sulfide) groups is 1. The summed E-state index contributed by atoms with van der Waals surface area (Å²) >= 11 is 1.02. The van der Waals surface area contributed by atoms with E-state index in [9.17, 15) is 17.6 Å². The monoisotopic (exact) mass is 278 g/mol. The van der Waals surface area contributed by atoms with Gasteiger partial charge in [0, 0.05) is 16.9 Å². The molecule has 0 amide bonds. The first kappa shape index (κ1) is 14.0. The van der Waals surface area contributed by atoms with Crippen LogP contribution >= 0.6 is 11.8 Å². The van der Waals surface area contributed by atoms with E-state index in [1.165, 1.54) is 12.1 Å². The van der Waals surface area contributed by atoms with Crippen molar-refractivity contribution in [1.29, 1.82) is 0 Å². The number of carbonyl (C=O) groups is 1. The minimum absolute atomic E-state index is 0.0762. The lowest BCUT2D eigenvalue weighted by Crippen LogP contribution is -2.07. The van der Waals surface area contributed by atoms with Crippen LogP contribution in [0.5, 0.6) is 0 Å². The second kappa shape index (κ2) is 5.50. The van der Waals surface area contributed by atoms with Crippen molar-refractivity contribution >= 4 is 27.6 Å². The number of rotatable bonds is 5. The number of carboxylic acid groups (broad SMARTS) is 1. The molecule has 0 aliphatic rings. The largest absolute Gasteiger partial charge is 0.478 e. The van der Waals surface area contributed by atoms with E-state index in [1.54, 1.807) is 0 Å². The molecule has 0 radical (unpaired) electrons. The number of hydrogen-bond donors (Lipinski definition) is 1. The Labute approximate surface area is 103 Å². The van der Waals surface area contributed by atoms with E-state index < -0.39 is 27.2 Å². The Kier molecular flexibility index (Phi) is 4.53. The van der Waals surface area contributed by atoms with Gasteiger partial charge in [-0.05, 0) is 12.1 Å². The third-order valence-corrected chi connectivity index (χ3v) is 4.16. The molecule has 0 aliphatic carbocycles. The maximum absolute atomic E-state index is 13.2. The Morgan fingerprint density at radius 3 is 2.65 bits per heavy atom. The summed E-state index contributed by atoms with van der Waals surface area (Å²) in [6, 6.07) is 3.91. The van der Waals surface area contributed by atoms with Gasteiger partial charge in [-0.1, -0.05) is 6.07 Å². The fourth-order valence-corrected chi connectivity index (χ4v) is 3.40. The average Bonchev–Trinajstić information content (AvgIpc) is 2.14. The van der Waals surface area contributed by atoms with Gasteiger partial charge in [-0.25, -0.2) is 17.6 Å². The average molecular weight is 278 g/mol. The summed E-state index contributed by atoms with van der Waals surface area (Å²) in [5.41, 5.74) is -0.411. The molecule has 7 heteroatoms. The molecule has 0 aliphatic heterocycles. The molecule has 0 heterocycles. The summed E-state index contributed by atoms with van der Waals surface area (Å²) in [4.78, 5) is 11.1. The highest BCUT2D eigenvalue weighted by Gasteiger charge is 2.16. The lowest BCUT2D eigenvalue weighted by atomic mass is 10.2. The maximum Gasteiger partial charge on any atom is 0.339 e. The second-order valence-corrected chi connectivity index (χ2v) is 6.79. The van der Waals surface area contributed by atoms with Crippen LogP contribution in [0.1, 0.15) is 10.4 Å². The minimum atomic E-state index is -3.10. The molecule has 1 N–H and O–H groups in total. The van der Waals surface area contributed by atoms with E-state index in [0.29, 0.717) is 0 Å². The molecular formula is C10H11FO4S2. The van der Waals surface area contributed by atoms with Crippen LogP contribution in [-0.4, -0.2) is 37.3 Å². The van der Waals surface area contributed by atoms with Crippen LogP contribution in [0.2, 0.25) is 0 Å². The highest BCUT2D eigenvalue weighted by Crippen LogP contribution is 2.25. The first-order valence-corrected chi connectivity index (χ1v) is 7.68. The van der Waals surface area contributed by atoms with Crippen molar-refractivity contribution in [3.63, 3.8) is 0 Å². The molecule has 0 atom stereocenters. The maximum atomic E-state index is 13.2. The van der Waals surface area contributed by atoms with Crippen molar-refractivity contribution in [2.45, 2.75) is 4.90 Å². The minimum Gasteiger partial charge on any atom is -0.478 e. The molecule has 1 aromatic rings. The van der Waals surface area contributed by atoms with Crippen LogP contribution < -0.4 is 0 Å². The number of sulfone groups is 1. The van der Waals surface area contributed by atoms with Crippen molar-refractivity contribution in [1.82, 2.24) is 0 Å². The van der Waals surface area contributed by atoms with Crippen LogP contribution in [-0.2, 0) is 9.84 Å². The van der Waals surface area contributed by atoms with Gasteiger partial charge in [0.25, 0.3) is 0 Å². The van der Waals surface area contributed by atoms with Crippen molar-refractivity contribution in [3.8, 4) is 0 Å². The lowest BCUT2D eigenvalue weighted by Gasteiger charge is -2.05. The predicted octanol–water partition coefficient (Wildman–Crippen LogP) is 1.66. The Morgan fingerprint density at radius 2 is 2.12 bits per heavy atom. The van der Waals surface area contributed by atoms with Gasteiger partial charge in [0.1, 0.15) is 21.2 Å². The van der Waals surface area contributed by atoms with E-state index >= 15 is 0 Å². The second-order valence-electron chi connectivity index (χ2n) is 3.40. The van der Waals surface area contributed by atoms with Crippen LogP contribution in [0.25, 0.3) is 0 Å². The molecule has 0 spiro atoms. The highest BCUT2D eigenvalue weighted by molar-refractivity contribution is 8.00. The van der Waals surface area contributed by atoms with Gasteiger partial charge in [0.05, 0.1) is 5.75 Å². The van der Waals surface area contributed by atoms with Crippen LogP contribution in [0.4, 0.5) is 4.39 Å². The zero-order valence-corrected chi connectivity index (χ0v) is 10.6. The van der Waals surface area contributed by atoms with Gasteiger partial charge in [-0.2, -0.15) is 0 Å². The number of halogens is 1. The normalized spacial score (nSPS) is 11.4. The zero-order valence-electron chi connectivity index (χ0n) is 9.01. The molecule has 0 aromatic heterocycles. The molecule has 4 nitrogen and oxygen atoms in total. The summed E-state index contributed by atoms with van der Waals surface area (Å²) in [5.74, 6) is -2.05. The predicted molar refractivity (Wildman–Crippen MR) is 63.8 cm³/mol. The molecule has 0 saturated heterocycles. The van der Waals surface area contributed by atoms with Crippen LogP contribution in [0.15, 0.2) is 23.1 Å². The Balaban J connectivity index is 2.85. The number of hydrogen-bond acceptors (Lipinski definition) is 4. The Morgan fingerprint density at radius 1 is 1.47 bits per heavy atom. The SMILES string of the molecule is CS(=O)(=O)CCSc1cccc(F)c1C(=O)O. The van der Waals surface area contributed by atoms with Gasteiger partial charge in [0.15, 0.2) is 0 Å². The van der Waals surface area contributed by atoms with E-state index in [4.69, 9.17) is 5.11 Å². The third-order valence-electron chi connectivity index (χ3n) is 1.90. The van der Waals surface area contributed by atoms with E-state index in [0.717, 1.165) is 24.1 Å². The third kappa shape index (κ3) is 4.35. The summed E-state index contributed by atoms with van der Waals surface area (Å²) in [5, 5.41) is 8.83. The standard InChI is InChI=1S/C10H11FO4S2/c1-17(14,15)6-5-16-8-4-2-3-7(11)9(8)10(12)13/h2-4H,5-6H2,1H3,(H,12,13). The Hall–Kier alpha value is -1.08. The van der Waals surface area contributed by atoms with Crippen molar-refractivity contribution in [2.24, 2.45) is 0 Å². The van der Waals surface area contributed by atoms with Crippen LogP contribution in [0.3, 0.4) is 0 Å². The topological polar surface area (TPSA) is 71.4 Å². The molecule has 0 bridgehead atoms. The van der Waals surface area contributed by atoms with Crippen LogP contribution in [0, 0.1) is 5.82 Å².